The van der Waals surface area contributed by atoms with Crippen LogP contribution in [-0.4, -0.2) is 39.2 Å². The molecule has 1 amide bonds. The monoisotopic (exact) mass is 323 g/mol. The largest absolute Gasteiger partial charge is 0.465 e. The summed E-state index contributed by atoms with van der Waals surface area (Å²) in [6.45, 7) is 0. The normalized spacial score (nSPS) is 10.2. The number of hydrogen-bond acceptors (Lipinski definition) is 6. The second-order valence-corrected chi connectivity index (χ2v) is 4.80. The second kappa shape index (κ2) is 6.69. The number of tetrazole rings is 1. The van der Waals surface area contributed by atoms with Gasteiger partial charge in [-0.1, -0.05) is 18.2 Å². The minimum absolute atomic E-state index is 0.344. The number of carbonyl (C=O) groups excluding carboxylic acids is 2. The van der Waals surface area contributed by atoms with Gasteiger partial charge in [-0.05, 0) is 40.8 Å². The highest BCUT2D eigenvalue weighted by molar-refractivity contribution is 6.07. The molecule has 0 unspecified atom stereocenters. The van der Waals surface area contributed by atoms with E-state index in [1.54, 1.807) is 48.5 Å². The van der Waals surface area contributed by atoms with Crippen molar-refractivity contribution < 1.29 is 14.3 Å². The third kappa shape index (κ3) is 3.12. The standard InChI is InChI=1S/C16H13N5O3/c1-24-16(23)11-5-4-6-12(9-11)18-15(22)13-7-2-3-8-14(13)21-10-17-19-20-21/h2-10H,1H3,(H,18,22). The van der Waals surface area contributed by atoms with Crippen LogP contribution in [0.4, 0.5) is 5.69 Å². The number of hydrogen-bond donors (Lipinski definition) is 1. The quantitative estimate of drug-likeness (QED) is 0.734. The number of nitrogens with one attached hydrogen (secondary N) is 1. The van der Waals surface area contributed by atoms with Crippen molar-refractivity contribution in [3.8, 4) is 5.69 Å². The van der Waals surface area contributed by atoms with Crippen LogP contribution in [0.1, 0.15) is 20.7 Å². The Balaban J connectivity index is 1.88. The molecule has 1 N–H and O–H groups in total. The van der Waals surface area contributed by atoms with Gasteiger partial charge in [-0.2, -0.15) is 4.68 Å². The molecule has 3 aromatic rings. The molecule has 24 heavy (non-hydrogen) atoms. The van der Waals surface area contributed by atoms with Gasteiger partial charge in [-0.3, -0.25) is 4.79 Å². The lowest BCUT2D eigenvalue weighted by molar-refractivity contribution is 0.0600. The number of rotatable bonds is 4. The molecule has 0 aliphatic rings. The van der Waals surface area contributed by atoms with Gasteiger partial charge in [0.05, 0.1) is 23.9 Å². The maximum Gasteiger partial charge on any atom is 0.337 e. The highest BCUT2D eigenvalue weighted by atomic mass is 16.5. The van der Waals surface area contributed by atoms with E-state index in [0.717, 1.165) is 0 Å². The minimum Gasteiger partial charge on any atom is -0.465 e. The van der Waals surface area contributed by atoms with Gasteiger partial charge in [-0.25, -0.2) is 4.79 Å². The molecule has 1 aromatic heterocycles. The summed E-state index contributed by atoms with van der Waals surface area (Å²) in [6, 6.07) is 13.4. The van der Waals surface area contributed by atoms with Gasteiger partial charge in [0.15, 0.2) is 0 Å². The molecule has 0 spiro atoms. The van der Waals surface area contributed by atoms with Gasteiger partial charge >= 0.3 is 5.97 Å². The summed E-state index contributed by atoms with van der Waals surface area (Å²) in [5, 5.41) is 13.7. The molecule has 0 aliphatic carbocycles. The van der Waals surface area contributed by atoms with E-state index in [1.165, 1.54) is 18.1 Å². The number of anilines is 1. The zero-order valence-electron chi connectivity index (χ0n) is 12.7. The molecule has 0 saturated carbocycles. The van der Waals surface area contributed by atoms with Crippen molar-refractivity contribution in [1.29, 1.82) is 0 Å². The van der Waals surface area contributed by atoms with E-state index in [2.05, 4.69) is 25.6 Å². The van der Waals surface area contributed by atoms with Gasteiger partial charge in [0.25, 0.3) is 5.91 Å². The fourth-order valence-electron chi connectivity index (χ4n) is 2.18. The van der Waals surface area contributed by atoms with Gasteiger partial charge in [0, 0.05) is 5.69 Å². The van der Waals surface area contributed by atoms with E-state index in [-0.39, 0.29) is 5.91 Å². The summed E-state index contributed by atoms with van der Waals surface area (Å²) in [7, 11) is 1.30. The molecular formula is C16H13N5O3. The van der Waals surface area contributed by atoms with Crippen LogP contribution in [0, 0.1) is 0 Å². The van der Waals surface area contributed by atoms with Gasteiger partial charge in [0.1, 0.15) is 6.33 Å². The van der Waals surface area contributed by atoms with Crippen molar-refractivity contribution in [2.75, 3.05) is 12.4 Å². The Bertz CT molecular complexity index is 877. The van der Waals surface area contributed by atoms with Crippen molar-refractivity contribution in [3.05, 3.63) is 66.0 Å². The fourth-order valence-corrected chi connectivity index (χ4v) is 2.18. The Morgan fingerprint density at radius 1 is 1.12 bits per heavy atom. The maximum atomic E-state index is 12.6. The SMILES string of the molecule is COC(=O)c1cccc(NC(=O)c2ccccc2-n2cnnn2)c1. The molecule has 8 nitrogen and oxygen atoms in total. The molecular weight excluding hydrogens is 310 g/mol. The lowest BCUT2D eigenvalue weighted by atomic mass is 10.1. The van der Waals surface area contributed by atoms with Crippen LogP contribution < -0.4 is 5.32 Å². The molecule has 1 heterocycles. The first-order valence-electron chi connectivity index (χ1n) is 7.01. The molecule has 0 radical (unpaired) electrons. The maximum absolute atomic E-state index is 12.6. The van der Waals surface area contributed by atoms with E-state index in [0.29, 0.717) is 22.5 Å². The number of amides is 1. The predicted octanol–water partition coefficient (Wildman–Crippen LogP) is 1.70. The Morgan fingerprint density at radius 3 is 2.71 bits per heavy atom. The average molecular weight is 323 g/mol. The summed E-state index contributed by atoms with van der Waals surface area (Å²) in [5.74, 6) is -0.816. The van der Waals surface area contributed by atoms with E-state index in [4.69, 9.17) is 0 Å². The van der Waals surface area contributed by atoms with Crippen LogP contribution in [0.5, 0.6) is 0 Å². The van der Waals surface area contributed by atoms with Crippen LogP contribution in [0.2, 0.25) is 0 Å². The second-order valence-electron chi connectivity index (χ2n) is 4.80. The van der Waals surface area contributed by atoms with Gasteiger partial charge in [-0.15, -0.1) is 5.10 Å². The van der Waals surface area contributed by atoms with E-state index >= 15 is 0 Å². The van der Waals surface area contributed by atoms with E-state index < -0.39 is 5.97 Å². The summed E-state index contributed by atoms with van der Waals surface area (Å²) >= 11 is 0. The number of nitrogens with zero attached hydrogens (tertiary/aromatic N) is 4. The number of carbonyl (C=O) groups is 2. The van der Waals surface area contributed by atoms with Crippen LogP contribution in [0.15, 0.2) is 54.9 Å². The molecule has 0 atom stereocenters. The zero-order chi connectivity index (χ0) is 16.9. The summed E-state index contributed by atoms with van der Waals surface area (Å²) < 4.78 is 6.07. The van der Waals surface area contributed by atoms with E-state index in [1.807, 2.05) is 0 Å². The topological polar surface area (TPSA) is 99.0 Å². The van der Waals surface area contributed by atoms with Crippen molar-refractivity contribution in [1.82, 2.24) is 20.2 Å². The molecule has 0 bridgehead atoms. The summed E-state index contributed by atoms with van der Waals surface area (Å²) in [4.78, 5) is 24.1. The van der Waals surface area contributed by atoms with Crippen molar-refractivity contribution in [2.24, 2.45) is 0 Å². The number of aromatic nitrogens is 4. The number of esters is 1. The van der Waals surface area contributed by atoms with Crippen LogP contribution >= 0.6 is 0 Å². The molecule has 0 fully saturated rings. The van der Waals surface area contributed by atoms with Gasteiger partial charge < -0.3 is 10.1 Å². The molecule has 120 valence electrons. The lowest BCUT2D eigenvalue weighted by Crippen LogP contribution is -2.15. The Kier molecular flexibility index (Phi) is 4.28. The number of methoxy groups -OCH3 is 1. The Hall–Kier alpha value is -3.55. The fraction of sp³-hybridized carbons (Fsp3) is 0.0625. The predicted molar refractivity (Wildman–Crippen MR) is 84.9 cm³/mol. The molecule has 3 rings (SSSR count). The molecule has 0 aliphatic heterocycles. The van der Waals surface area contributed by atoms with E-state index in [9.17, 15) is 9.59 Å². The first-order valence-corrected chi connectivity index (χ1v) is 7.01. The van der Waals surface area contributed by atoms with Crippen LogP contribution in [-0.2, 0) is 4.74 Å². The molecule has 8 heteroatoms. The smallest absolute Gasteiger partial charge is 0.337 e. The number of ether oxygens (including phenoxy) is 1. The molecule has 0 saturated heterocycles. The summed E-state index contributed by atoms with van der Waals surface area (Å²) in [5.41, 5.74) is 1.77. The van der Waals surface area contributed by atoms with Crippen molar-refractivity contribution >= 4 is 17.6 Å². The third-order valence-corrected chi connectivity index (χ3v) is 3.29. The Morgan fingerprint density at radius 2 is 1.96 bits per heavy atom. The van der Waals surface area contributed by atoms with Crippen LogP contribution in [0.3, 0.4) is 0 Å². The molecule has 2 aromatic carbocycles. The van der Waals surface area contributed by atoms with Gasteiger partial charge in [0.2, 0.25) is 0 Å². The first-order chi connectivity index (χ1) is 11.7. The summed E-state index contributed by atoms with van der Waals surface area (Å²) in [6.07, 6.45) is 1.41. The number of benzene rings is 2. The average Bonchev–Trinajstić information content (AvgIpc) is 3.15. The lowest BCUT2D eigenvalue weighted by Gasteiger charge is -2.10. The van der Waals surface area contributed by atoms with Crippen molar-refractivity contribution in [2.45, 2.75) is 0 Å². The Labute approximate surface area is 137 Å². The first kappa shape index (κ1) is 15.3. The minimum atomic E-state index is -0.472. The third-order valence-electron chi connectivity index (χ3n) is 3.29. The van der Waals surface area contributed by atoms with Crippen LogP contribution in [0.25, 0.3) is 5.69 Å². The highest BCUT2D eigenvalue weighted by Gasteiger charge is 2.14. The highest BCUT2D eigenvalue weighted by Crippen LogP contribution is 2.17. The van der Waals surface area contributed by atoms with Crippen molar-refractivity contribution in [3.63, 3.8) is 0 Å². The zero-order valence-corrected chi connectivity index (χ0v) is 12.7. The number of para-hydroxylation sites is 1.